The number of anilines is 1. The first-order valence-electron chi connectivity index (χ1n) is 6.02. The van der Waals surface area contributed by atoms with Crippen molar-refractivity contribution in [1.29, 1.82) is 0 Å². The number of aromatic nitrogens is 2. The zero-order chi connectivity index (χ0) is 12.3. The van der Waals surface area contributed by atoms with Crippen LogP contribution in [0.4, 0.5) is 10.6 Å². The highest BCUT2D eigenvalue weighted by molar-refractivity contribution is 5.88. The lowest BCUT2D eigenvalue weighted by Gasteiger charge is -2.37. The van der Waals surface area contributed by atoms with Crippen molar-refractivity contribution in [1.82, 2.24) is 14.9 Å². The Bertz CT molecular complexity index is 381. The second-order valence-corrected chi connectivity index (χ2v) is 4.58. The van der Waals surface area contributed by atoms with Crippen molar-refractivity contribution in [3.8, 4) is 0 Å². The van der Waals surface area contributed by atoms with E-state index in [1.54, 1.807) is 12.3 Å². The van der Waals surface area contributed by atoms with E-state index in [1.165, 1.54) is 12.7 Å². The summed E-state index contributed by atoms with van der Waals surface area (Å²) in [5.74, 6) is 1.11. The molecule has 2 amide bonds. The van der Waals surface area contributed by atoms with E-state index in [1.807, 2.05) is 4.90 Å². The van der Waals surface area contributed by atoms with Gasteiger partial charge in [-0.25, -0.2) is 14.8 Å². The molecule has 1 aromatic heterocycles. The van der Waals surface area contributed by atoms with Gasteiger partial charge in [-0.3, -0.25) is 5.32 Å². The minimum Gasteiger partial charge on any atom is -0.322 e. The number of amides is 2. The number of carbonyl (C=O) groups excluding carboxylic acids is 1. The summed E-state index contributed by atoms with van der Waals surface area (Å²) in [4.78, 5) is 21.8. The molecule has 5 heteroatoms. The number of carbonyl (C=O) groups is 1. The van der Waals surface area contributed by atoms with Gasteiger partial charge in [0, 0.05) is 18.8 Å². The number of nitrogens with zero attached hydrogens (tertiary/aromatic N) is 3. The van der Waals surface area contributed by atoms with Gasteiger partial charge >= 0.3 is 6.03 Å². The number of rotatable bonds is 1. The van der Waals surface area contributed by atoms with Crippen molar-refractivity contribution >= 4 is 11.8 Å². The normalized spacial score (nSPS) is 24.5. The summed E-state index contributed by atoms with van der Waals surface area (Å²) >= 11 is 0. The third-order valence-electron chi connectivity index (χ3n) is 3.45. The fourth-order valence-corrected chi connectivity index (χ4v) is 2.17. The maximum absolute atomic E-state index is 12.1. The molecule has 1 saturated heterocycles. The summed E-state index contributed by atoms with van der Waals surface area (Å²) in [7, 11) is 0. The smallest absolute Gasteiger partial charge is 0.322 e. The average molecular weight is 234 g/mol. The van der Waals surface area contributed by atoms with Crippen LogP contribution in [0.5, 0.6) is 0 Å². The maximum atomic E-state index is 12.1. The molecule has 1 N–H and O–H groups in total. The van der Waals surface area contributed by atoms with E-state index in [4.69, 9.17) is 0 Å². The molecule has 2 heterocycles. The van der Waals surface area contributed by atoms with E-state index < -0.39 is 0 Å². The summed E-state index contributed by atoms with van der Waals surface area (Å²) in [6.07, 6.45) is 5.31. The molecule has 1 aromatic rings. The van der Waals surface area contributed by atoms with Crippen LogP contribution in [0.3, 0.4) is 0 Å². The molecule has 1 aliphatic heterocycles. The Morgan fingerprint density at radius 1 is 1.53 bits per heavy atom. The Balaban J connectivity index is 2.00. The monoisotopic (exact) mass is 234 g/mol. The lowest BCUT2D eigenvalue weighted by molar-refractivity contribution is 0.139. The van der Waals surface area contributed by atoms with Gasteiger partial charge < -0.3 is 4.90 Å². The van der Waals surface area contributed by atoms with Gasteiger partial charge in [-0.05, 0) is 31.7 Å². The third kappa shape index (κ3) is 2.72. The van der Waals surface area contributed by atoms with Crippen molar-refractivity contribution in [3.63, 3.8) is 0 Å². The Labute approximate surface area is 101 Å². The molecular formula is C12H18N4O. The van der Waals surface area contributed by atoms with Gasteiger partial charge in [0.2, 0.25) is 0 Å². The van der Waals surface area contributed by atoms with Crippen LogP contribution >= 0.6 is 0 Å². The van der Waals surface area contributed by atoms with Crippen LogP contribution in [-0.4, -0.2) is 33.5 Å². The van der Waals surface area contributed by atoms with Crippen LogP contribution in [0.15, 0.2) is 18.6 Å². The SMILES string of the molecule is C[C@H]1CCCN(C(=O)Nc2ccncn2)[C@H]1C. The van der Waals surface area contributed by atoms with Gasteiger partial charge in [-0.2, -0.15) is 0 Å². The Hall–Kier alpha value is -1.65. The van der Waals surface area contributed by atoms with Crippen LogP contribution in [0, 0.1) is 5.92 Å². The lowest BCUT2D eigenvalue weighted by atomic mass is 9.92. The maximum Gasteiger partial charge on any atom is 0.323 e. The van der Waals surface area contributed by atoms with E-state index in [0.717, 1.165) is 13.0 Å². The van der Waals surface area contributed by atoms with Crippen molar-refractivity contribution in [2.45, 2.75) is 32.7 Å². The van der Waals surface area contributed by atoms with Gasteiger partial charge in [0.05, 0.1) is 0 Å². The predicted octanol–water partition coefficient (Wildman–Crippen LogP) is 2.13. The van der Waals surface area contributed by atoms with Crippen LogP contribution in [0.2, 0.25) is 0 Å². The standard InChI is InChI=1S/C12H18N4O/c1-9-4-3-7-16(10(9)2)12(17)15-11-5-6-13-8-14-11/h5-6,8-10H,3-4,7H2,1-2H3,(H,13,14,15,17)/t9-,10-/m0/s1. The summed E-state index contributed by atoms with van der Waals surface area (Å²) in [5, 5.41) is 2.80. The molecule has 0 bridgehead atoms. The van der Waals surface area contributed by atoms with Crippen molar-refractivity contribution in [3.05, 3.63) is 18.6 Å². The number of hydrogen-bond donors (Lipinski definition) is 1. The zero-order valence-corrected chi connectivity index (χ0v) is 10.3. The number of hydrogen-bond acceptors (Lipinski definition) is 3. The lowest BCUT2D eigenvalue weighted by Crippen LogP contribution is -2.48. The second kappa shape index (κ2) is 5.12. The number of likely N-dealkylation sites (tertiary alicyclic amines) is 1. The first-order valence-corrected chi connectivity index (χ1v) is 6.02. The number of urea groups is 1. The molecular weight excluding hydrogens is 216 g/mol. The number of nitrogens with one attached hydrogen (secondary N) is 1. The van der Waals surface area contributed by atoms with E-state index in [0.29, 0.717) is 11.7 Å². The summed E-state index contributed by atoms with van der Waals surface area (Å²) in [6.45, 7) is 5.11. The highest BCUT2D eigenvalue weighted by Crippen LogP contribution is 2.23. The first kappa shape index (κ1) is 11.8. The van der Waals surface area contributed by atoms with Crippen LogP contribution in [-0.2, 0) is 0 Å². The fourth-order valence-electron chi connectivity index (χ4n) is 2.17. The highest BCUT2D eigenvalue weighted by atomic mass is 16.2. The summed E-state index contributed by atoms with van der Waals surface area (Å²) < 4.78 is 0. The molecule has 2 atom stereocenters. The second-order valence-electron chi connectivity index (χ2n) is 4.58. The molecule has 0 saturated carbocycles. The topological polar surface area (TPSA) is 58.1 Å². The molecule has 5 nitrogen and oxygen atoms in total. The van der Waals surface area contributed by atoms with Crippen molar-refractivity contribution in [2.75, 3.05) is 11.9 Å². The average Bonchev–Trinajstić information content (AvgIpc) is 2.34. The highest BCUT2D eigenvalue weighted by Gasteiger charge is 2.28. The van der Waals surface area contributed by atoms with Crippen LogP contribution < -0.4 is 5.32 Å². The van der Waals surface area contributed by atoms with Gasteiger partial charge in [-0.1, -0.05) is 6.92 Å². The Morgan fingerprint density at radius 3 is 3.06 bits per heavy atom. The van der Waals surface area contributed by atoms with E-state index in [-0.39, 0.29) is 12.1 Å². The quantitative estimate of drug-likeness (QED) is 0.809. The van der Waals surface area contributed by atoms with Gasteiger partial charge in [-0.15, -0.1) is 0 Å². The van der Waals surface area contributed by atoms with Gasteiger partial charge in [0.15, 0.2) is 0 Å². The molecule has 1 aliphatic rings. The largest absolute Gasteiger partial charge is 0.323 e. The van der Waals surface area contributed by atoms with E-state index in [9.17, 15) is 4.79 Å². The minimum atomic E-state index is -0.0669. The number of piperidine rings is 1. The first-order chi connectivity index (χ1) is 8.18. The van der Waals surface area contributed by atoms with E-state index in [2.05, 4.69) is 29.1 Å². The van der Waals surface area contributed by atoms with E-state index >= 15 is 0 Å². The summed E-state index contributed by atoms with van der Waals surface area (Å²) in [5.41, 5.74) is 0. The Kier molecular flexibility index (Phi) is 3.56. The zero-order valence-electron chi connectivity index (χ0n) is 10.3. The molecule has 1 fully saturated rings. The van der Waals surface area contributed by atoms with Crippen LogP contribution in [0.1, 0.15) is 26.7 Å². The molecule has 0 unspecified atom stereocenters. The van der Waals surface area contributed by atoms with Gasteiger partial charge in [0.1, 0.15) is 12.1 Å². The fraction of sp³-hybridized carbons (Fsp3) is 0.583. The van der Waals surface area contributed by atoms with Crippen molar-refractivity contribution in [2.24, 2.45) is 5.92 Å². The third-order valence-corrected chi connectivity index (χ3v) is 3.45. The van der Waals surface area contributed by atoms with Gasteiger partial charge in [0.25, 0.3) is 0 Å². The molecule has 17 heavy (non-hydrogen) atoms. The van der Waals surface area contributed by atoms with Crippen molar-refractivity contribution < 1.29 is 4.79 Å². The molecule has 92 valence electrons. The molecule has 0 aliphatic carbocycles. The molecule has 0 radical (unpaired) electrons. The minimum absolute atomic E-state index is 0.0669. The summed E-state index contributed by atoms with van der Waals surface area (Å²) in [6, 6.07) is 1.91. The Morgan fingerprint density at radius 2 is 2.35 bits per heavy atom. The molecule has 0 aromatic carbocycles. The van der Waals surface area contributed by atoms with Crippen LogP contribution in [0.25, 0.3) is 0 Å². The molecule has 0 spiro atoms. The predicted molar refractivity (Wildman–Crippen MR) is 65.6 cm³/mol. The molecule has 2 rings (SSSR count).